The van der Waals surface area contributed by atoms with Crippen molar-refractivity contribution in [3.8, 4) is 11.4 Å². The first-order valence-corrected chi connectivity index (χ1v) is 11.4. The molecule has 0 radical (unpaired) electrons. The number of non-ortho nitro benzene ring substituents is 1. The second-order valence-corrected chi connectivity index (χ2v) is 8.30. The van der Waals surface area contributed by atoms with Gasteiger partial charge in [-0.3, -0.25) is 19.7 Å². The number of hydrogen-bond donors (Lipinski definition) is 0. The molecule has 10 heteroatoms. The van der Waals surface area contributed by atoms with Crippen molar-refractivity contribution >= 4 is 17.5 Å². The lowest BCUT2D eigenvalue weighted by atomic mass is 10.1. The predicted octanol–water partition coefficient (Wildman–Crippen LogP) is 3.10. The first-order chi connectivity index (χ1) is 16.9. The second kappa shape index (κ2) is 10.8. The lowest BCUT2D eigenvalue weighted by molar-refractivity contribution is -0.384. The van der Waals surface area contributed by atoms with Crippen molar-refractivity contribution in [2.75, 3.05) is 33.3 Å². The van der Waals surface area contributed by atoms with E-state index in [0.29, 0.717) is 51.1 Å². The Hall–Kier alpha value is -4.21. The molecule has 1 fully saturated rings. The number of nitrogens with zero attached hydrogens (tertiary/aromatic N) is 5. The van der Waals surface area contributed by atoms with Crippen molar-refractivity contribution in [2.24, 2.45) is 0 Å². The van der Waals surface area contributed by atoms with Crippen LogP contribution in [0.15, 0.2) is 60.8 Å². The van der Waals surface area contributed by atoms with E-state index in [9.17, 15) is 19.7 Å². The van der Waals surface area contributed by atoms with Gasteiger partial charge in [-0.25, -0.2) is 4.68 Å². The molecule has 1 aliphatic rings. The van der Waals surface area contributed by atoms with Crippen LogP contribution in [0.5, 0.6) is 5.75 Å². The summed E-state index contributed by atoms with van der Waals surface area (Å²) < 4.78 is 6.62. The molecule has 0 spiro atoms. The second-order valence-electron chi connectivity index (χ2n) is 8.30. The Labute approximate surface area is 202 Å². The van der Waals surface area contributed by atoms with E-state index < -0.39 is 4.92 Å². The van der Waals surface area contributed by atoms with Crippen LogP contribution >= 0.6 is 0 Å². The molecule has 4 rings (SSSR count). The van der Waals surface area contributed by atoms with Gasteiger partial charge in [0, 0.05) is 50.9 Å². The fraction of sp³-hybridized carbons (Fsp3) is 0.320. The van der Waals surface area contributed by atoms with Crippen LogP contribution in [-0.2, 0) is 11.2 Å². The van der Waals surface area contributed by atoms with Gasteiger partial charge in [0.25, 0.3) is 11.6 Å². The zero-order valence-electron chi connectivity index (χ0n) is 19.5. The van der Waals surface area contributed by atoms with Gasteiger partial charge >= 0.3 is 0 Å². The number of rotatable bonds is 7. The molecule has 0 bridgehead atoms. The predicted molar refractivity (Wildman–Crippen MR) is 129 cm³/mol. The van der Waals surface area contributed by atoms with Gasteiger partial charge in [-0.15, -0.1) is 0 Å². The van der Waals surface area contributed by atoms with E-state index in [2.05, 4.69) is 5.10 Å². The number of hydrogen-bond acceptors (Lipinski definition) is 6. The van der Waals surface area contributed by atoms with Crippen molar-refractivity contribution in [1.82, 2.24) is 19.6 Å². The van der Waals surface area contributed by atoms with Gasteiger partial charge in [0.1, 0.15) is 5.75 Å². The van der Waals surface area contributed by atoms with Gasteiger partial charge in [0.05, 0.1) is 17.7 Å². The van der Waals surface area contributed by atoms with Crippen molar-refractivity contribution in [3.63, 3.8) is 0 Å². The molecular formula is C25H27N5O5. The molecule has 182 valence electrons. The molecule has 0 atom stereocenters. The summed E-state index contributed by atoms with van der Waals surface area (Å²) in [5.41, 5.74) is 1.79. The normalized spacial score (nSPS) is 13.9. The third-order valence-electron chi connectivity index (χ3n) is 6.04. The standard InChI is InChI=1S/C25H27N5O5/c1-35-22-9-6-19(7-10-22)8-11-24(31)27-13-3-14-28(17-16-27)25(32)23-12-15-29(26-23)20-4-2-5-21(18-20)30(33)34/h2,4-7,9-10,12,15,18H,3,8,11,13-14,16-17H2,1H3. The molecule has 0 N–H and O–H groups in total. The van der Waals surface area contributed by atoms with E-state index in [1.54, 1.807) is 36.4 Å². The number of aryl methyl sites for hydroxylation is 1. The minimum atomic E-state index is -0.472. The van der Waals surface area contributed by atoms with Crippen molar-refractivity contribution < 1.29 is 19.2 Å². The zero-order valence-corrected chi connectivity index (χ0v) is 19.5. The molecule has 2 amide bonds. The van der Waals surface area contributed by atoms with Crippen LogP contribution in [0.25, 0.3) is 5.69 Å². The molecule has 10 nitrogen and oxygen atoms in total. The smallest absolute Gasteiger partial charge is 0.274 e. The SMILES string of the molecule is COc1ccc(CCC(=O)N2CCCN(C(=O)c3ccn(-c4cccc([N+](=O)[O-])c4)n3)CC2)cc1. The minimum Gasteiger partial charge on any atom is -0.497 e. The lowest BCUT2D eigenvalue weighted by Crippen LogP contribution is -2.37. The Balaban J connectivity index is 1.33. The van der Waals surface area contributed by atoms with Gasteiger partial charge in [-0.05, 0) is 42.7 Å². The average Bonchev–Trinajstić information content (AvgIpc) is 3.25. The van der Waals surface area contributed by atoms with Crippen LogP contribution < -0.4 is 4.74 Å². The molecule has 0 aliphatic carbocycles. The third-order valence-corrected chi connectivity index (χ3v) is 6.04. The number of aromatic nitrogens is 2. The van der Waals surface area contributed by atoms with E-state index in [1.807, 2.05) is 29.2 Å². The molecule has 35 heavy (non-hydrogen) atoms. The number of ether oxygens (including phenoxy) is 1. The first-order valence-electron chi connectivity index (χ1n) is 11.4. The van der Waals surface area contributed by atoms with Crippen LogP contribution in [0.4, 0.5) is 5.69 Å². The number of carbonyl (C=O) groups excluding carboxylic acids is 2. The summed E-state index contributed by atoms with van der Waals surface area (Å²) >= 11 is 0. The van der Waals surface area contributed by atoms with E-state index in [0.717, 1.165) is 11.3 Å². The van der Waals surface area contributed by atoms with Gasteiger partial charge in [-0.1, -0.05) is 18.2 Å². The van der Waals surface area contributed by atoms with Crippen LogP contribution in [-0.4, -0.2) is 69.6 Å². The molecule has 1 saturated heterocycles. The maximum absolute atomic E-state index is 13.0. The molecule has 1 aliphatic heterocycles. The number of benzene rings is 2. The maximum atomic E-state index is 13.0. The van der Waals surface area contributed by atoms with Crippen LogP contribution in [0, 0.1) is 10.1 Å². The molecule has 3 aromatic rings. The summed E-state index contributed by atoms with van der Waals surface area (Å²) in [4.78, 5) is 39.9. The number of carbonyl (C=O) groups is 2. The summed E-state index contributed by atoms with van der Waals surface area (Å²) in [7, 11) is 1.62. The van der Waals surface area contributed by atoms with Gasteiger partial charge in [0.15, 0.2) is 5.69 Å². The van der Waals surface area contributed by atoms with Crippen molar-refractivity contribution in [2.45, 2.75) is 19.3 Å². The Kier molecular flexibility index (Phi) is 7.39. The van der Waals surface area contributed by atoms with Gasteiger partial charge in [0.2, 0.25) is 5.91 Å². The quantitative estimate of drug-likeness (QED) is 0.382. The number of amides is 2. The Morgan fingerprint density at radius 3 is 2.51 bits per heavy atom. The Bertz CT molecular complexity index is 1210. The van der Waals surface area contributed by atoms with Crippen LogP contribution in [0.1, 0.15) is 28.9 Å². The fourth-order valence-corrected chi connectivity index (χ4v) is 4.06. The molecule has 0 unspecified atom stereocenters. The topological polar surface area (TPSA) is 111 Å². The summed E-state index contributed by atoms with van der Waals surface area (Å²) in [5, 5.41) is 15.4. The molecule has 2 aromatic carbocycles. The van der Waals surface area contributed by atoms with E-state index >= 15 is 0 Å². The van der Waals surface area contributed by atoms with Crippen LogP contribution in [0.2, 0.25) is 0 Å². The monoisotopic (exact) mass is 477 g/mol. The summed E-state index contributed by atoms with van der Waals surface area (Å²) in [6.07, 6.45) is 3.36. The van der Waals surface area contributed by atoms with E-state index in [-0.39, 0.29) is 23.2 Å². The summed E-state index contributed by atoms with van der Waals surface area (Å²) in [6, 6.07) is 15.4. The zero-order chi connectivity index (χ0) is 24.8. The van der Waals surface area contributed by atoms with Crippen molar-refractivity contribution in [1.29, 1.82) is 0 Å². The van der Waals surface area contributed by atoms with Gasteiger partial charge < -0.3 is 14.5 Å². The molecule has 1 aromatic heterocycles. The first kappa shape index (κ1) is 23.9. The molecule has 2 heterocycles. The third kappa shape index (κ3) is 5.84. The van der Waals surface area contributed by atoms with Crippen molar-refractivity contribution in [3.05, 3.63) is 82.2 Å². The molecular weight excluding hydrogens is 450 g/mol. The highest BCUT2D eigenvalue weighted by atomic mass is 16.6. The summed E-state index contributed by atoms with van der Waals surface area (Å²) in [6.45, 7) is 2.04. The summed E-state index contributed by atoms with van der Waals surface area (Å²) in [5.74, 6) is 0.638. The lowest BCUT2D eigenvalue weighted by Gasteiger charge is -2.22. The highest BCUT2D eigenvalue weighted by Gasteiger charge is 2.24. The van der Waals surface area contributed by atoms with Gasteiger partial charge in [-0.2, -0.15) is 5.10 Å². The van der Waals surface area contributed by atoms with E-state index in [4.69, 9.17) is 4.74 Å². The highest BCUT2D eigenvalue weighted by molar-refractivity contribution is 5.92. The molecule has 0 saturated carbocycles. The largest absolute Gasteiger partial charge is 0.497 e. The Morgan fingerprint density at radius 1 is 1.03 bits per heavy atom. The average molecular weight is 478 g/mol. The number of nitro groups is 1. The highest BCUT2D eigenvalue weighted by Crippen LogP contribution is 2.18. The minimum absolute atomic E-state index is 0.0462. The van der Waals surface area contributed by atoms with E-state index in [1.165, 1.54) is 16.8 Å². The Morgan fingerprint density at radius 2 is 1.77 bits per heavy atom. The fourth-order valence-electron chi connectivity index (χ4n) is 4.06. The number of methoxy groups -OCH3 is 1. The van der Waals surface area contributed by atoms with Crippen LogP contribution in [0.3, 0.4) is 0 Å². The maximum Gasteiger partial charge on any atom is 0.274 e. The number of nitro benzene ring substituents is 1.